The average Bonchev–Trinajstić information content (AvgIpc) is 2.60. The van der Waals surface area contributed by atoms with Crippen LogP contribution in [0.4, 0.5) is 0 Å². The van der Waals surface area contributed by atoms with Gasteiger partial charge in [-0.15, -0.1) is 0 Å². The van der Waals surface area contributed by atoms with Gasteiger partial charge in [0.2, 0.25) is 0 Å². The molecule has 2 rings (SSSR count). The minimum Gasteiger partial charge on any atom is -0.318 e. The number of hydrogen-bond donors (Lipinski definition) is 0. The Balaban J connectivity index is 2.65. The SMILES string of the molecule is Cc1c(Cl)cccc1-n1c(C)cc(CC#N)c1C. The summed E-state index contributed by atoms with van der Waals surface area (Å²) >= 11 is 6.17. The molecule has 0 aliphatic carbocycles. The van der Waals surface area contributed by atoms with Crippen LogP contribution in [0.2, 0.25) is 5.02 Å². The van der Waals surface area contributed by atoms with Gasteiger partial charge in [-0.1, -0.05) is 17.7 Å². The van der Waals surface area contributed by atoms with Gasteiger partial charge in [0.25, 0.3) is 0 Å². The van der Waals surface area contributed by atoms with Gasteiger partial charge >= 0.3 is 0 Å². The summed E-state index contributed by atoms with van der Waals surface area (Å²) in [4.78, 5) is 0. The smallest absolute Gasteiger partial charge is 0.0670 e. The Bertz CT molecular complexity index is 633. The fourth-order valence-electron chi connectivity index (χ4n) is 2.30. The predicted molar refractivity (Wildman–Crippen MR) is 74.3 cm³/mol. The molecule has 2 nitrogen and oxygen atoms in total. The standard InChI is InChI=1S/C15H15ClN2/c1-10-9-13(7-8-17)12(3)18(10)15-6-4-5-14(16)11(15)2/h4-6,9H,7H2,1-3H3. The summed E-state index contributed by atoms with van der Waals surface area (Å²) in [6.07, 6.45) is 0.444. The van der Waals surface area contributed by atoms with Crippen LogP contribution in [0.5, 0.6) is 0 Å². The number of aryl methyl sites for hydroxylation is 1. The van der Waals surface area contributed by atoms with Gasteiger partial charge in [-0.25, -0.2) is 0 Å². The van der Waals surface area contributed by atoms with Crippen LogP contribution in [0.3, 0.4) is 0 Å². The molecule has 1 heterocycles. The first kappa shape index (κ1) is 12.7. The molecule has 0 saturated heterocycles. The molecule has 1 aromatic carbocycles. The van der Waals surface area contributed by atoms with Gasteiger partial charge < -0.3 is 4.57 Å². The van der Waals surface area contributed by atoms with Crippen LogP contribution < -0.4 is 0 Å². The number of halogens is 1. The maximum Gasteiger partial charge on any atom is 0.0670 e. The van der Waals surface area contributed by atoms with E-state index in [0.29, 0.717) is 6.42 Å². The van der Waals surface area contributed by atoms with Crippen molar-refractivity contribution >= 4 is 11.6 Å². The number of aromatic nitrogens is 1. The Morgan fingerprint density at radius 1 is 1.28 bits per heavy atom. The highest BCUT2D eigenvalue weighted by Gasteiger charge is 2.12. The quantitative estimate of drug-likeness (QED) is 0.796. The second-order valence-electron chi connectivity index (χ2n) is 4.45. The van der Waals surface area contributed by atoms with E-state index >= 15 is 0 Å². The van der Waals surface area contributed by atoms with Crippen molar-refractivity contribution in [2.75, 3.05) is 0 Å². The van der Waals surface area contributed by atoms with Crippen molar-refractivity contribution in [3.8, 4) is 11.8 Å². The molecule has 18 heavy (non-hydrogen) atoms. The van der Waals surface area contributed by atoms with Crippen molar-refractivity contribution in [3.63, 3.8) is 0 Å². The lowest BCUT2D eigenvalue weighted by Gasteiger charge is -2.13. The van der Waals surface area contributed by atoms with Gasteiger partial charge in [-0.2, -0.15) is 5.26 Å². The van der Waals surface area contributed by atoms with Crippen LogP contribution in [-0.2, 0) is 6.42 Å². The Morgan fingerprint density at radius 2 is 2.00 bits per heavy atom. The van der Waals surface area contributed by atoms with E-state index in [2.05, 4.69) is 22.8 Å². The summed E-state index contributed by atoms with van der Waals surface area (Å²) in [6.45, 7) is 6.11. The molecule has 0 unspecified atom stereocenters. The molecule has 0 atom stereocenters. The molecule has 0 fully saturated rings. The molecular formula is C15H15ClN2. The molecule has 0 aliphatic rings. The largest absolute Gasteiger partial charge is 0.318 e. The summed E-state index contributed by atoms with van der Waals surface area (Å²) in [5.74, 6) is 0. The van der Waals surface area contributed by atoms with E-state index < -0.39 is 0 Å². The first-order chi connectivity index (χ1) is 8.56. The third kappa shape index (κ3) is 2.02. The second-order valence-corrected chi connectivity index (χ2v) is 4.86. The van der Waals surface area contributed by atoms with Gasteiger partial charge in [0, 0.05) is 22.1 Å². The molecule has 0 bridgehead atoms. The van der Waals surface area contributed by atoms with Crippen LogP contribution in [0.1, 0.15) is 22.5 Å². The summed E-state index contributed by atoms with van der Waals surface area (Å²) in [7, 11) is 0. The van der Waals surface area contributed by atoms with Crippen molar-refractivity contribution in [1.82, 2.24) is 4.57 Å². The Morgan fingerprint density at radius 3 is 2.67 bits per heavy atom. The molecule has 92 valence electrons. The van der Waals surface area contributed by atoms with E-state index in [1.807, 2.05) is 32.9 Å². The fourth-order valence-corrected chi connectivity index (χ4v) is 2.47. The van der Waals surface area contributed by atoms with Crippen molar-refractivity contribution < 1.29 is 0 Å². The average molecular weight is 259 g/mol. The number of benzene rings is 1. The summed E-state index contributed by atoms with van der Waals surface area (Å²) in [5, 5.41) is 9.60. The van der Waals surface area contributed by atoms with Crippen LogP contribution in [0.15, 0.2) is 24.3 Å². The molecule has 0 radical (unpaired) electrons. The van der Waals surface area contributed by atoms with Crippen molar-refractivity contribution in [2.24, 2.45) is 0 Å². The highest BCUT2D eigenvalue weighted by atomic mass is 35.5. The van der Waals surface area contributed by atoms with Crippen LogP contribution in [0.25, 0.3) is 5.69 Å². The lowest BCUT2D eigenvalue weighted by molar-refractivity contribution is 0.946. The highest BCUT2D eigenvalue weighted by molar-refractivity contribution is 6.31. The molecule has 0 aliphatic heterocycles. The molecule has 0 saturated carbocycles. The molecule has 1 aromatic heterocycles. The number of nitrogens with zero attached hydrogens (tertiary/aromatic N) is 2. The Kier molecular flexibility index (Phi) is 3.45. The lowest BCUT2D eigenvalue weighted by atomic mass is 10.2. The minimum absolute atomic E-state index is 0.444. The van der Waals surface area contributed by atoms with Gasteiger partial charge in [-0.3, -0.25) is 0 Å². The number of hydrogen-bond acceptors (Lipinski definition) is 1. The molecule has 0 spiro atoms. The molecule has 2 aromatic rings. The first-order valence-corrected chi connectivity index (χ1v) is 6.24. The van der Waals surface area contributed by atoms with Gasteiger partial charge in [0.15, 0.2) is 0 Å². The zero-order valence-electron chi connectivity index (χ0n) is 10.8. The van der Waals surface area contributed by atoms with Crippen molar-refractivity contribution in [3.05, 3.63) is 51.8 Å². The van der Waals surface area contributed by atoms with Crippen LogP contribution >= 0.6 is 11.6 Å². The van der Waals surface area contributed by atoms with Gasteiger partial charge in [-0.05, 0) is 50.1 Å². The minimum atomic E-state index is 0.444. The van der Waals surface area contributed by atoms with E-state index in [0.717, 1.165) is 33.2 Å². The third-order valence-corrected chi connectivity index (χ3v) is 3.69. The molecule has 0 N–H and O–H groups in total. The van der Waals surface area contributed by atoms with Gasteiger partial charge in [0.05, 0.1) is 12.5 Å². The second kappa shape index (κ2) is 4.88. The van der Waals surface area contributed by atoms with E-state index in [4.69, 9.17) is 16.9 Å². The van der Waals surface area contributed by atoms with Crippen molar-refractivity contribution in [1.29, 1.82) is 5.26 Å². The zero-order valence-corrected chi connectivity index (χ0v) is 11.5. The maximum atomic E-state index is 8.83. The van der Waals surface area contributed by atoms with Crippen LogP contribution in [0, 0.1) is 32.1 Å². The van der Waals surface area contributed by atoms with Crippen molar-refractivity contribution in [2.45, 2.75) is 27.2 Å². The number of rotatable bonds is 2. The fraction of sp³-hybridized carbons (Fsp3) is 0.267. The Labute approximate surface area is 112 Å². The topological polar surface area (TPSA) is 28.7 Å². The molecule has 0 amide bonds. The van der Waals surface area contributed by atoms with Crippen LogP contribution in [-0.4, -0.2) is 4.57 Å². The van der Waals surface area contributed by atoms with E-state index in [-0.39, 0.29) is 0 Å². The van der Waals surface area contributed by atoms with Gasteiger partial charge in [0.1, 0.15) is 0 Å². The number of nitriles is 1. The highest BCUT2D eigenvalue weighted by Crippen LogP contribution is 2.27. The third-order valence-electron chi connectivity index (χ3n) is 3.29. The lowest BCUT2D eigenvalue weighted by Crippen LogP contribution is -2.02. The van der Waals surface area contributed by atoms with E-state index in [9.17, 15) is 0 Å². The molecular weight excluding hydrogens is 244 g/mol. The Hall–Kier alpha value is -1.72. The van der Waals surface area contributed by atoms with E-state index in [1.54, 1.807) is 0 Å². The summed E-state index contributed by atoms with van der Waals surface area (Å²) in [5.41, 5.74) is 5.46. The zero-order chi connectivity index (χ0) is 13.3. The normalized spacial score (nSPS) is 10.4. The first-order valence-electron chi connectivity index (χ1n) is 5.86. The predicted octanol–water partition coefficient (Wildman–Crippen LogP) is 4.12. The summed E-state index contributed by atoms with van der Waals surface area (Å²) < 4.78 is 2.16. The monoisotopic (exact) mass is 258 g/mol. The summed E-state index contributed by atoms with van der Waals surface area (Å²) in [6, 6.07) is 10.2. The van der Waals surface area contributed by atoms with E-state index in [1.165, 1.54) is 0 Å². The maximum absolute atomic E-state index is 8.83. The molecule has 3 heteroatoms.